The monoisotopic (exact) mass is 211 g/mol. The molecule has 1 atom stereocenters. The highest BCUT2D eigenvalue weighted by Crippen LogP contribution is 2.18. The zero-order valence-electron chi connectivity index (χ0n) is 7.91. The smallest absolute Gasteiger partial charge is 0.344 e. The van der Waals surface area contributed by atoms with Crippen molar-refractivity contribution >= 4 is 11.7 Å². The van der Waals surface area contributed by atoms with E-state index in [2.05, 4.69) is 0 Å². The molecule has 0 saturated heterocycles. The summed E-state index contributed by atoms with van der Waals surface area (Å²) in [5.41, 5.74) is -0.0645. The van der Waals surface area contributed by atoms with E-state index in [9.17, 15) is 14.9 Å². The Morgan fingerprint density at radius 2 is 2.00 bits per heavy atom. The highest BCUT2D eigenvalue weighted by Gasteiger charge is 2.13. The van der Waals surface area contributed by atoms with Gasteiger partial charge in [-0.1, -0.05) is 0 Å². The Labute approximate surface area is 85.2 Å². The van der Waals surface area contributed by atoms with Gasteiger partial charge in [0.1, 0.15) is 5.75 Å². The molecule has 6 heteroatoms. The average molecular weight is 211 g/mol. The van der Waals surface area contributed by atoms with E-state index >= 15 is 0 Å². The number of hydrogen-bond donors (Lipinski definition) is 1. The summed E-state index contributed by atoms with van der Waals surface area (Å²) in [6.45, 7) is 1.38. The van der Waals surface area contributed by atoms with Gasteiger partial charge in [0.2, 0.25) is 0 Å². The second kappa shape index (κ2) is 4.41. The Hall–Kier alpha value is -2.11. The summed E-state index contributed by atoms with van der Waals surface area (Å²) >= 11 is 0. The minimum Gasteiger partial charge on any atom is -0.479 e. The summed E-state index contributed by atoms with van der Waals surface area (Å²) in [5, 5.41) is 18.9. The van der Waals surface area contributed by atoms with E-state index < -0.39 is 17.0 Å². The normalized spacial score (nSPS) is 11.8. The third kappa shape index (κ3) is 2.94. The molecule has 1 aromatic carbocycles. The summed E-state index contributed by atoms with van der Waals surface area (Å²) in [7, 11) is 0. The fourth-order valence-corrected chi connectivity index (χ4v) is 0.901. The molecule has 0 aliphatic carbocycles. The van der Waals surface area contributed by atoms with Crippen LogP contribution in [0.1, 0.15) is 6.92 Å². The lowest BCUT2D eigenvalue weighted by molar-refractivity contribution is -0.384. The van der Waals surface area contributed by atoms with Crippen molar-refractivity contribution in [2.45, 2.75) is 13.0 Å². The molecule has 0 radical (unpaired) electrons. The zero-order valence-corrected chi connectivity index (χ0v) is 7.91. The van der Waals surface area contributed by atoms with E-state index in [1.54, 1.807) is 0 Å². The van der Waals surface area contributed by atoms with Crippen molar-refractivity contribution in [1.82, 2.24) is 0 Å². The molecule has 0 bridgehead atoms. The first-order valence-corrected chi connectivity index (χ1v) is 4.14. The summed E-state index contributed by atoms with van der Waals surface area (Å²) in [5.74, 6) is -0.802. The number of nitro benzene ring substituents is 1. The predicted octanol–water partition coefficient (Wildman–Crippen LogP) is 1.45. The van der Waals surface area contributed by atoms with Gasteiger partial charge in [-0.3, -0.25) is 10.1 Å². The number of nitrogens with zero attached hydrogens (tertiary/aromatic N) is 1. The van der Waals surface area contributed by atoms with E-state index in [-0.39, 0.29) is 11.4 Å². The van der Waals surface area contributed by atoms with Crippen LogP contribution in [0.5, 0.6) is 5.75 Å². The van der Waals surface area contributed by atoms with Gasteiger partial charge in [0.15, 0.2) is 6.10 Å². The standard InChI is InChI=1S/C9H9NO5/c1-6(9(11)12)15-8-4-2-7(3-5-8)10(13)14/h2-6H,1H3,(H,11,12)/t6-/m1/s1. The first-order chi connectivity index (χ1) is 7.00. The molecule has 0 aromatic heterocycles. The number of benzene rings is 1. The van der Waals surface area contributed by atoms with Crippen LogP contribution in [0.2, 0.25) is 0 Å². The van der Waals surface area contributed by atoms with Gasteiger partial charge in [0.25, 0.3) is 5.69 Å². The number of carboxylic acids is 1. The number of non-ortho nitro benzene ring substituents is 1. The van der Waals surface area contributed by atoms with Gasteiger partial charge < -0.3 is 9.84 Å². The summed E-state index contributed by atoms with van der Waals surface area (Å²) in [4.78, 5) is 20.2. The molecule has 1 aromatic rings. The molecule has 80 valence electrons. The Kier molecular flexibility index (Phi) is 3.22. The summed E-state index contributed by atoms with van der Waals surface area (Å²) < 4.78 is 4.99. The Morgan fingerprint density at radius 3 is 2.40 bits per heavy atom. The van der Waals surface area contributed by atoms with E-state index in [4.69, 9.17) is 9.84 Å². The number of rotatable bonds is 4. The van der Waals surface area contributed by atoms with E-state index in [0.717, 1.165) is 0 Å². The second-order valence-corrected chi connectivity index (χ2v) is 2.85. The molecular weight excluding hydrogens is 202 g/mol. The number of ether oxygens (including phenoxy) is 1. The zero-order chi connectivity index (χ0) is 11.4. The highest BCUT2D eigenvalue weighted by atomic mass is 16.6. The number of carbonyl (C=O) groups is 1. The van der Waals surface area contributed by atoms with Crippen molar-refractivity contribution in [1.29, 1.82) is 0 Å². The second-order valence-electron chi connectivity index (χ2n) is 2.85. The number of aliphatic carboxylic acids is 1. The SMILES string of the molecule is C[C@@H](Oc1ccc([N+](=O)[O-])cc1)C(=O)O. The topological polar surface area (TPSA) is 89.7 Å². The molecule has 0 heterocycles. The molecule has 0 amide bonds. The largest absolute Gasteiger partial charge is 0.479 e. The molecule has 0 aliphatic heterocycles. The molecule has 0 spiro atoms. The van der Waals surface area contributed by atoms with Gasteiger partial charge >= 0.3 is 5.97 Å². The maximum Gasteiger partial charge on any atom is 0.344 e. The molecule has 0 unspecified atom stereocenters. The van der Waals surface area contributed by atoms with Crippen LogP contribution in [0.15, 0.2) is 24.3 Å². The van der Waals surface area contributed by atoms with Gasteiger partial charge in [0, 0.05) is 12.1 Å². The van der Waals surface area contributed by atoms with Gasteiger partial charge in [-0.2, -0.15) is 0 Å². The maximum absolute atomic E-state index is 10.4. The minimum atomic E-state index is -1.09. The lowest BCUT2D eigenvalue weighted by Gasteiger charge is -2.09. The van der Waals surface area contributed by atoms with Gasteiger partial charge in [-0.25, -0.2) is 4.79 Å². The predicted molar refractivity (Wildman–Crippen MR) is 50.8 cm³/mol. The molecule has 15 heavy (non-hydrogen) atoms. The van der Waals surface area contributed by atoms with Crippen molar-refractivity contribution < 1.29 is 19.6 Å². The number of nitro groups is 1. The average Bonchev–Trinajstić information content (AvgIpc) is 2.18. The van der Waals surface area contributed by atoms with E-state index in [0.29, 0.717) is 0 Å². The van der Waals surface area contributed by atoms with Gasteiger partial charge in [-0.05, 0) is 19.1 Å². The van der Waals surface area contributed by atoms with Gasteiger partial charge in [-0.15, -0.1) is 0 Å². The molecule has 0 aliphatic rings. The molecule has 1 N–H and O–H groups in total. The Morgan fingerprint density at radius 1 is 1.47 bits per heavy atom. The summed E-state index contributed by atoms with van der Waals surface area (Å²) in [6.07, 6.45) is -0.980. The van der Waals surface area contributed by atoms with E-state index in [1.807, 2.05) is 0 Å². The fourth-order valence-electron chi connectivity index (χ4n) is 0.901. The van der Waals surface area contributed by atoms with Crippen LogP contribution in [0.4, 0.5) is 5.69 Å². The summed E-state index contributed by atoms with van der Waals surface area (Å²) in [6, 6.07) is 5.23. The van der Waals surface area contributed by atoms with Crippen LogP contribution in [0, 0.1) is 10.1 Å². The van der Waals surface area contributed by atoms with Crippen molar-refractivity contribution in [3.63, 3.8) is 0 Å². The van der Waals surface area contributed by atoms with Crippen LogP contribution < -0.4 is 4.74 Å². The van der Waals surface area contributed by atoms with Crippen molar-refractivity contribution in [2.75, 3.05) is 0 Å². The lowest BCUT2D eigenvalue weighted by Crippen LogP contribution is -2.22. The van der Waals surface area contributed by atoms with Crippen LogP contribution >= 0.6 is 0 Å². The van der Waals surface area contributed by atoms with Crippen LogP contribution in [-0.2, 0) is 4.79 Å². The third-order valence-electron chi connectivity index (χ3n) is 1.71. The van der Waals surface area contributed by atoms with Crippen molar-refractivity contribution in [3.05, 3.63) is 34.4 Å². The van der Waals surface area contributed by atoms with Crippen molar-refractivity contribution in [2.24, 2.45) is 0 Å². The molecule has 1 rings (SSSR count). The molecule has 6 nitrogen and oxygen atoms in total. The fraction of sp³-hybridized carbons (Fsp3) is 0.222. The van der Waals surface area contributed by atoms with E-state index in [1.165, 1.54) is 31.2 Å². The van der Waals surface area contributed by atoms with Gasteiger partial charge in [0.05, 0.1) is 4.92 Å². The Balaban J connectivity index is 2.72. The Bertz CT molecular complexity index is 373. The first kappa shape index (κ1) is 11.0. The van der Waals surface area contributed by atoms with Crippen LogP contribution in [0.3, 0.4) is 0 Å². The minimum absolute atomic E-state index is 0.0645. The molecule has 0 fully saturated rings. The molecule has 0 saturated carbocycles. The number of carboxylic acid groups (broad SMARTS) is 1. The maximum atomic E-state index is 10.4. The number of hydrogen-bond acceptors (Lipinski definition) is 4. The van der Waals surface area contributed by atoms with Crippen molar-refractivity contribution in [3.8, 4) is 5.75 Å². The quantitative estimate of drug-likeness (QED) is 0.601. The first-order valence-electron chi connectivity index (χ1n) is 4.14. The molecular formula is C9H9NO5. The lowest BCUT2D eigenvalue weighted by atomic mass is 10.3. The highest BCUT2D eigenvalue weighted by molar-refractivity contribution is 5.72. The third-order valence-corrected chi connectivity index (χ3v) is 1.71. The van der Waals surface area contributed by atoms with Crippen LogP contribution in [0.25, 0.3) is 0 Å². The van der Waals surface area contributed by atoms with Crippen LogP contribution in [-0.4, -0.2) is 22.1 Å².